The molecule has 0 radical (unpaired) electrons. The largest absolute Gasteiger partial charge is 0.325 e. The molecule has 1 saturated carbocycles. The van der Waals surface area contributed by atoms with Crippen molar-refractivity contribution in [1.29, 1.82) is 0 Å². The molecule has 20 heavy (non-hydrogen) atoms. The molecular formula is C16H23FN2O. The Morgan fingerprint density at radius 1 is 1.35 bits per heavy atom. The van der Waals surface area contributed by atoms with Gasteiger partial charge in [-0.25, -0.2) is 4.39 Å². The molecule has 110 valence electrons. The fraction of sp³-hybridized carbons (Fsp3) is 0.562. The first-order valence-corrected chi connectivity index (χ1v) is 7.23. The Morgan fingerprint density at radius 3 is 2.70 bits per heavy atom. The van der Waals surface area contributed by atoms with Gasteiger partial charge in [0.1, 0.15) is 5.82 Å². The van der Waals surface area contributed by atoms with E-state index in [0.29, 0.717) is 17.1 Å². The van der Waals surface area contributed by atoms with Gasteiger partial charge in [0.2, 0.25) is 5.91 Å². The summed E-state index contributed by atoms with van der Waals surface area (Å²) < 4.78 is 13.0. The van der Waals surface area contributed by atoms with E-state index in [2.05, 4.69) is 24.5 Å². The number of hydrogen-bond donors (Lipinski definition) is 2. The van der Waals surface area contributed by atoms with Gasteiger partial charge in [-0.1, -0.05) is 19.9 Å². The summed E-state index contributed by atoms with van der Waals surface area (Å²) in [4.78, 5) is 11.8. The van der Waals surface area contributed by atoms with Crippen LogP contribution < -0.4 is 10.6 Å². The van der Waals surface area contributed by atoms with E-state index in [4.69, 9.17) is 0 Å². The van der Waals surface area contributed by atoms with Crippen LogP contribution in [0.1, 0.15) is 39.5 Å². The molecule has 0 saturated heterocycles. The lowest BCUT2D eigenvalue weighted by Gasteiger charge is -2.34. The van der Waals surface area contributed by atoms with E-state index in [1.165, 1.54) is 25.0 Å². The summed E-state index contributed by atoms with van der Waals surface area (Å²) >= 11 is 0. The van der Waals surface area contributed by atoms with Crippen LogP contribution in [0.4, 0.5) is 10.1 Å². The zero-order valence-corrected chi connectivity index (χ0v) is 12.2. The number of nitrogens with one attached hydrogen (secondary N) is 2. The van der Waals surface area contributed by atoms with Crippen molar-refractivity contribution in [2.75, 3.05) is 11.9 Å². The highest BCUT2D eigenvalue weighted by atomic mass is 19.1. The van der Waals surface area contributed by atoms with E-state index in [1.54, 1.807) is 12.1 Å². The van der Waals surface area contributed by atoms with Gasteiger partial charge in [-0.05, 0) is 49.3 Å². The second-order valence-corrected chi connectivity index (χ2v) is 6.38. The summed E-state index contributed by atoms with van der Waals surface area (Å²) in [5.74, 6) is -0.467. The summed E-state index contributed by atoms with van der Waals surface area (Å²) in [5, 5.41) is 5.99. The van der Waals surface area contributed by atoms with Crippen LogP contribution in [-0.2, 0) is 4.79 Å². The van der Waals surface area contributed by atoms with Gasteiger partial charge in [-0.15, -0.1) is 0 Å². The lowest BCUT2D eigenvalue weighted by atomic mass is 9.75. The van der Waals surface area contributed by atoms with Gasteiger partial charge in [0, 0.05) is 11.7 Å². The van der Waals surface area contributed by atoms with Crippen LogP contribution in [-0.4, -0.2) is 18.5 Å². The normalized spacial score (nSPS) is 18.8. The molecular weight excluding hydrogens is 255 g/mol. The molecule has 0 spiro atoms. The molecule has 1 amide bonds. The second kappa shape index (κ2) is 6.35. The highest BCUT2D eigenvalue weighted by Gasteiger charge is 2.26. The smallest absolute Gasteiger partial charge is 0.238 e. The quantitative estimate of drug-likeness (QED) is 0.887. The van der Waals surface area contributed by atoms with E-state index in [9.17, 15) is 9.18 Å². The fourth-order valence-corrected chi connectivity index (χ4v) is 2.61. The third kappa shape index (κ3) is 4.60. The molecule has 0 unspecified atom stereocenters. The highest BCUT2D eigenvalue weighted by Crippen LogP contribution is 2.34. The second-order valence-electron chi connectivity index (χ2n) is 6.38. The molecule has 0 bridgehead atoms. The highest BCUT2D eigenvalue weighted by molar-refractivity contribution is 5.92. The van der Waals surface area contributed by atoms with Crippen molar-refractivity contribution in [1.82, 2.24) is 5.32 Å². The van der Waals surface area contributed by atoms with Crippen LogP contribution in [0.3, 0.4) is 0 Å². The maximum Gasteiger partial charge on any atom is 0.238 e. The number of halogens is 1. The van der Waals surface area contributed by atoms with E-state index in [0.717, 1.165) is 12.8 Å². The molecule has 3 nitrogen and oxygen atoms in total. The van der Waals surface area contributed by atoms with Crippen molar-refractivity contribution >= 4 is 11.6 Å². The van der Waals surface area contributed by atoms with Crippen LogP contribution in [0, 0.1) is 11.2 Å². The molecule has 4 heteroatoms. The van der Waals surface area contributed by atoms with Crippen LogP contribution in [0.15, 0.2) is 24.3 Å². The molecule has 0 aliphatic heterocycles. The van der Waals surface area contributed by atoms with Crippen molar-refractivity contribution < 1.29 is 9.18 Å². The Hall–Kier alpha value is -1.42. The minimum absolute atomic E-state index is 0.125. The number of benzene rings is 1. The Kier molecular flexibility index (Phi) is 4.76. The van der Waals surface area contributed by atoms with Gasteiger partial charge in [0.25, 0.3) is 0 Å². The van der Waals surface area contributed by atoms with Gasteiger partial charge in [-0.2, -0.15) is 0 Å². The molecule has 1 aliphatic rings. The van der Waals surface area contributed by atoms with E-state index in [1.807, 2.05) is 0 Å². The van der Waals surface area contributed by atoms with Gasteiger partial charge < -0.3 is 10.6 Å². The standard InChI is InChI=1S/C16H23FN2O/c1-16(2)8-6-13(7-9-16)18-11-15(20)19-14-5-3-4-12(17)10-14/h3-5,10,13,18H,6-9,11H2,1-2H3,(H,19,20). The van der Waals surface area contributed by atoms with Crippen LogP contribution >= 0.6 is 0 Å². The molecule has 2 rings (SSSR count). The monoisotopic (exact) mass is 278 g/mol. The SMILES string of the molecule is CC1(C)CCC(NCC(=O)Nc2cccc(F)c2)CC1. The lowest BCUT2D eigenvalue weighted by Crippen LogP contribution is -2.39. The Bertz CT molecular complexity index is 463. The predicted octanol–water partition coefficient (Wildman–Crippen LogP) is 3.32. The Balaban J connectivity index is 1.73. The number of rotatable bonds is 4. The third-order valence-corrected chi connectivity index (χ3v) is 4.00. The third-order valence-electron chi connectivity index (χ3n) is 4.00. The van der Waals surface area contributed by atoms with Crippen LogP contribution in [0.25, 0.3) is 0 Å². The van der Waals surface area contributed by atoms with E-state index >= 15 is 0 Å². The first kappa shape index (κ1) is 15.0. The average Bonchev–Trinajstić information content (AvgIpc) is 2.37. The van der Waals surface area contributed by atoms with Crippen LogP contribution in [0.2, 0.25) is 0 Å². The molecule has 0 aromatic heterocycles. The van der Waals surface area contributed by atoms with Crippen molar-refractivity contribution in [3.8, 4) is 0 Å². The zero-order chi connectivity index (χ0) is 14.6. The Morgan fingerprint density at radius 2 is 2.05 bits per heavy atom. The maximum atomic E-state index is 13.0. The molecule has 1 aromatic rings. The lowest BCUT2D eigenvalue weighted by molar-refractivity contribution is -0.115. The maximum absolute atomic E-state index is 13.0. The predicted molar refractivity (Wildman–Crippen MR) is 79.1 cm³/mol. The molecule has 1 aliphatic carbocycles. The minimum atomic E-state index is -0.342. The number of amides is 1. The summed E-state index contributed by atoms with van der Waals surface area (Å²) in [6, 6.07) is 6.37. The summed E-state index contributed by atoms with van der Waals surface area (Å²) in [6.45, 7) is 4.86. The number of carbonyl (C=O) groups is 1. The number of carbonyl (C=O) groups excluding carboxylic acids is 1. The van der Waals surface area contributed by atoms with Gasteiger partial charge >= 0.3 is 0 Å². The van der Waals surface area contributed by atoms with Gasteiger partial charge in [0.15, 0.2) is 0 Å². The summed E-state index contributed by atoms with van der Waals surface area (Å²) in [5.41, 5.74) is 0.934. The number of anilines is 1. The fourth-order valence-electron chi connectivity index (χ4n) is 2.61. The molecule has 2 N–H and O–H groups in total. The first-order valence-electron chi connectivity index (χ1n) is 7.23. The topological polar surface area (TPSA) is 41.1 Å². The van der Waals surface area contributed by atoms with Crippen molar-refractivity contribution in [2.45, 2.75) is 45.6 Å². The average molecular weight is 278 g/mol. The molecule has 1 fully saturated rings. The molecule has 0 heterocycles. The molecule has 0 atom stereocenters. The minimum Gasteiger partial charge on any atom is -0.325 e. The zero-order valence-electron chi connectivity index (χ0n) is 12.2. The summed E-state index contributed by atoms with van der Waals surface area (Å²) in [6.07, 6.45) is 4.60. The van der Waals surface area contributed by atoms with E-state index in [-0.39, 0.29) is 18.3 Å². The van der Waals surface area contributed by atoms with Crippen molar-refractivity contribution in [3.05, 3.63) is 30.1 Å². The van der Waals surface area contributed by atoms with Gasteiger partial charge in [0.05, 0.1) is 6.54 Å². The first-order chi connectivity index (χ1) is 9.44. The van der Waals surface area contributed by atoms with Crippen LogP contribution in [0.5, 0.6) is 0 Å². The van der Waals surface area contributed by atoms with E-state index < -0.39 is 0 Å². The summed E-state index contributed by atoms with van der Waals surface area (Å²) in [7, 11) is 0. The molecule has 1 aromatic carbocycles. The Labute approximate surface area is 120 Å². The van der Waals surface area contributed by atoms with Gasteiger partial charge in [-0.3, -0.25) is 4.79 Å². The number of hydrogen-bond acceptors (Lipinski definition) is 2. The van der Waals surface area contributed by atoms with Crippen molar-refractivity contribution in [2.24, 2.45) is 5.41 Å². The van der Waals surface area contributed by atoms with Crippen molar-refractivity contribution in [3.63, 3.8) is 0 Å².